The van der Waals surface area contributed by atoms with E-state index < -0.39 is 28.1 Å². The average Bonchev–Trinajstić information content (AvgIpc) is 3.10. The van der Waals surface area contributed by atoms with Crippen LogP contribution in [0.4, 0.5) is 4.79 Å². The number of rotatable bonds is 27. The third-order valence-corrected chi connectivity index (χ3v) is 8.97. The zero-order valence-electron chi connectivity index (χ0n) is 30.1. The van der Waals surface area contributed by atoms with E-state index in [0.717, 1.165) is 5.56 Å². The van der Waals surface area contributed by atoms with Crippen LogP contribution in [-0.2, 0) is 49.9 Å². The Bertz CT molecular complexity index is 1410. The monoisotopic (exact) mass is 738 g/mol. The Balaban J connectivity index is 1.45. The van der Waals surface area contributed by atoms with Gasteiger partial charge in [-0.05, 0) is 69.0 Å². The summed E-state index contributed by atoms with van der Waals surface area (Å²) >= 11 is 0. The quantitative estimate of drug-likeness (QED) is 0.0775. The largest absolute Gasteiger partial charge is 0.494 e. The SMILES string of the molecule is CNC[C@H](NS(=O)(=O)c1c(C)cc(OCCCC(=O)NCCCOCCOCCOCCCNC(=O)OCc2ccccc2)cc1C)C(=O)OC. The second kappa shape index (κ2) is 25.2. The Morgan fingerprint density at radius 3 is 1.96 bits per heavy atom. The lowest BCUT2D eigenvalue weighted by Gasteiger charge is -2.19. The zero-order valence-corrected chi connectivity index (χ0v) is 30.9. The van der Waals surface area contributed by atoms with Crippen LogP contribution in [0.1, 0.15) is 42.4 Å². The molecule has 0 aliphatic rings. The predicted octanol–water partition coefficient (Wildman–Crippen LogP) is 2.37. The first kappa shape index (κ1) is 43.4. The molecule has 0 saturated heterocycles. The summed E-state index contributed by atoms with van der Waals surface area (Å²) in [6.45, 7) is 7.58. The summed E-state index contributed by atoms with van der Waals surface area (Å²) in [5.41, 5.74) is 1.86. The minimum atomic E-state index is -4.02. The van der Waals surface area contributed by atoms with E-state index in [1.807, 2.05) is 30.3 Å². The Morgan fingerprint density at radius 2 is 1.37 bits per heavy atom. The number of nitrogens with one attached hydrogen (secondary N) is 4. The maximum Gasteiger partial charge on any atom is 0.407 e. The molecule has 15 nitrogen and oxygen atoms in total. The highest BCUT2D eigenvalue weighted by Crippen LogP contribution is 2.26. The number of alkyl carbamates (subject to hydrolysis) is 1. The summed E-state index contributed by atoms with van der Waals surface area (Å²) in [6, 6.07) is 11.6. The number of amides is 2. The Hall–Kier alpha value is -3.80. The highest BCUT2D eigenvalue weighted by molar-refractivity contribution is 7.89. The standard InChI is InChI=1S/C35H54N4O11S/c1-27-23-30(24-28(2)33(27)51(43,44)39-31(25-36-3)34(41)45-4)49-18-8-13-32(40)37-14-9-16-46-19-21-48-22-20-47-17-10-15-38-35(42)50-26-29-11-6-5-7-12-29/h5-7,11-12,23-24,31,36,39H,8-10,13-22,25-26H2,1-4H3,(H,37,40)(H,38,42)/t31-/m0/s1. The van der Waals surface area contributed by atoms with E-state index in [-0.39, 0.29) is 37.0 Å². The minimum Gasteiger partial charge on any atom is -0.494 e. The molecular formula is C35H54N4O11S. The molecule has 286 valence electrons. The molecule has 0 spiro atoms. The Labute approximate surface area is 301 Å². The van der Waals surface area contributed by atoms with E-state index in [2.05, 4.69) is 20.7 Å². The van der Waals surface area contributed by atoms with Crippen LogP contribution in [-0.4, -0.2) is 112 Å². The van der Waals surface area contributed by atoms with Crippen molar-refractivity contribution in [1.82, 2.24) is 20.7 Å². The van der Waals surface area contributed by atoms with E-state index in [4.69, 9.17) is 28.4 Å². The summed E-state index contributed by atoms with van der Waals surface area (Å²) in [5.74, 6) is -0.302. The van der Waals surface area contributed by atoms with Crippen LogP contribution < -0.4 is 25.4 Å². The second-order valence-corrected chi connectivity index (χ2v) is 13.1. The number of benzene rings is 2. The van der Waals surface area contributed by atoms with Gasteiger partial charge in [0.15, 0.2) is 0 Å². The van der Waals surface area contributed by atoms with Gasteiger partial charge < -0.3 is 44.4 Å². The number of hydrogen-bond acceptors (Lipinski definition) is 12. The highest BCUT2D eigenvalue weighted by atomic mass is 32.2. The van der Waals surface area contributed by atoms with Crippen molar-refractivity contribution in [3.8, 4) is 5.75 Å². The molecule has 1 atom stereocenters. The van der Waals surface area contributed by atoms with Crippen LogP contribution in [0.2, 0.25) is 0 Å². The van der Waals surface area contributed by atoms with Gasteiger partial charge in [-0.25, -0.2) is 13.2 Å². The summed E-state index contributed by atoms with van der Waals surface area (Å²) in [6.07, 6.45) is 1.63. The van der Waals surface area contributed by atoms with E-state index in [0.29, 0.717) is 88.9 Å². The number of aryl methyl sites for hydroxylation is 2. The van der Waals surface area contributed by atoms with Crippen LogP contribution in [0.5, 0.6) is 5.75 Å². The molecule has 0 radical (unpaired) electrons. The molecule has 4 N–H and O–H groups in total. The van der Waals surface area contributed by atoms with Crippen LogP contribution in [0, 0.1) is 13.8 Å². The van der Waals surface area contributed by atoms with Crippen molar-refractivity contribution in [2.75, 3.05) is 80.0 Å². The van der Waals surface area contributed by atoms with Crippen molar-refractivity contribution in [3.63, 3.8) is 0 Å². The molecule has 0 heterocycles. The molecule has 0 aromatic heterocycles. The van der Waals surface area contributed by atoms with Crippen LogP contribution in [0.15, 0.2) is 47.4 Å². The van der Waals surface area contributed by atoms with Gasteiger partial charge in [-0.3, -0.25) is 9.59 Å². The fraction of sp³-hybridized carbons (Fsp3) is 0.571. The van der Waals surface area contributed by atoms with Crippen molar-refractivity contribution in [2.45, 2.75) is 57.1 Å². The van der Waals surface area contributed by atoms with Gasteiger partial charge in [-0.2, -0.15) is 4.72 Å². The fourth-order valence-electron chi connectivity index (χ4n) is 4.78. The third-order valence-electron chi connectivity index (χ3n) is 7.19. The molecule has 0 aliphatic heterocycles. The van der Waals surface area contributed by atoms with Crippen LogP contribution >= 0.6 is 0 Å². The first-order chi connectivity index (χ1) is 24.6. The Morgan fingerprint density at radius 1 is 0.784 bits per heavy atom. The highest BCUT2D eigenvalue weighted by Gasteiger charge is 2.28. The molecule has 0 bridgehead atoms. The van der Waals surface area contributed by atoms with Gasteiger partial charge in [0.25, 0.3) is 0 Å². The molecule has 51 heavy (non-hydrogen) atoms. The average molecular weight is 739 g/mol. The normalized spacial score (nSPS) is 11.8. The molecule has 2 aromatic carbocycles. The molecule has 2 amide bonds. The molecule has 2 rings (SSSR count). The minimum absolute atomic E-state index is 0.0685. The van der Waals surface area contributed by atoms with E-state index in [9.17, 15) is 22.8 Å². The lowest BCUT2D eigenvalue weighted by Crippen LogP contribution is -2.47. The lowest BCUT2D eigenvalue weighted by molar-refractivity contribution is -0.142. The summed E-state index contributed by atoms with van der Waals surface area (Å²) < 4.78 is 60.7. The smallest absolute Gasteiger partial charge is 0.407 e. The van der Waals surface area contributed by atoms with Gasteiger partial charge >= 0.3 is 12.1 Å². The van der Waals surface area contributed by atoms with Crippen LogP contribution in [0.25, 0.3) is 0 Å². The van der Waals surface area contributed by atoms with Crippen molar-refractivity contribution in [2.24, 2.45) is 0 Å². The van der Waals surface area contributed by atoms with Crippen molar-refractivity contribution < 1.29 is 51.2 Å². The molecule has 0 fully saturated rings. The number of esters is 1. The van der Waals surface area contributed by atoms with Crippen LogP contribution in [0.3, 0.4) is 0 Å². The number of methoxy groups -OCH3 is 1. The summed E-state index contributed by atoms with van der Waals surface area (Å²) in [5, 5.41) is 8.32. The number of sulfonamides is 1. The first-order valence-corrected chi connectivity index (χ1v) is 18.5. The number of ether oxygens (including phenoxy) is 6. The van der Waals surface area contributed by atoms with Crippen molar-refractivity contribution in [1.29, 1.82) is 0 Å². The van der Waals surface area contributed by atoms with Gasteiger partial charge in [0.2, 0.25) is 15.9 Å². The molecule has 0 saturated carbocycles. The molecule has 2 aromatic rings. The predicted molar refractivity (Wildman–Crippen MR) is 190 cm³/mol. The molecule has 0 unspecified atom stereocenters. The lowest BCUT2D eigenvalue weighted by atomic mass is 10.1. The zero-order chi connectivity index (χ0) is 37.3. The first-order valence-electron chi connectivity index (χ1n) is 17.0. The molecule has 16 heteroatoms. The van der Waals surface area contributed by atoms with Gasteiger partial charge in [-0.15, -0.1) is 0 Å². The fourth-order valence-corrected chi connectivity index (χ4v) is 6.41. The third kappa shape index (κ3) is 18.3. The van der Waals surface area contributed by atoms with Gasteiger partial charge in [0, 0.05) is 39.3 Å². The number of hydrogen-bond donors (Lipinski definition) is 4. The number of likely N-dealkylation sites (N-methyl/N-ethyl adjacent to an activating group) is 1. The number of carbonyl (C=O) groups excluding carboxylic acids is 3. The van der Waals surface area contributed by atoms with Gasteiger partial charge in [-0.1, -0.05) is 30.3 Å². The topological polar surface area (TPSA) is 189 Å². The van der Waals surface area contributed by atoms with E-state index in [1.54, 1.807) is 33.0 Å². The maximum atomic E-state index is 13.1. The van der Waals surface area contributed by atoms with Gasteiger partial charge in [0.1, 0.15) is 18.4 Å². The van der Waals surface area contributed by atoms with E-state index in [1.165, 1.54) is 7.11 Å². The summed E-state index contributed by atoms with van der Waals surface area (Å²) in [4.78, 5) is 35.9. The Kier molecular flexibility index (Phi) is 21.4. The number of carbonyl (C=O) groups is 3. The van der Waals surface area contributed by atoms with Gasteiger partial charge in [0.05, 0.1) is 45.0 Å². The molecular weight excluding hydrogens is 684 g/mol. The second-order valence-electron chi connectivity index (χ2n) is 11.5. The van der Waals surface area contributed by atoms with Crippen molar-refractivity contribution in [3.05, 3.63) is 59.2 Å². The van der Waals surface area contributed by atoms with E-state index >= 15 is 0 Å². The molecule has 0 aliphatic carbocycles. The van der Waals surface area contributed by atoms with Crippen molar-refractivity contribution >= 4 is 28.0 Å². The maximum absolute atomic E-state index is 13.1. The summed E-state index contributed by atoms with van der Waals surface area (Å²) in [7, 11) is -1.22.